The molecule has 1 saturated carbocycles. The Hall–Kier alpha value is -2.02. The molecule has 4 heteroatoms. The van der Waals surface area contributed by atoms with E-state index in [1.54, 1.807) is 7.11 Å². The average Bonchev–Trinajstić information content (AvgIpc) is 2.54. The summed E-state index contributed by atoms with van der Waals surface area (Å²) in [6, 6.07) is 6.50. The molecule has 0 radical (unpaired) electrons. The van der Waals surface area contributed by atoms with Crippen molar-refractivity contribution < 1.29 is 9.53 Å². The summed E-state index contributed by atoms with van der Waals surface area (Å²) in [6.45, 7) is 2.95. The van der Waals surface area contributed by atoms with Gasteiger partial charge in [0.15, 0.2) is 6.19 Å². The van der Waals surface area contributed by atoms with Crippen LogP contribution in [0.15, 0.2) is 18.2 Å². The van der Waals surface area contributed by atoms with Gasteiger partial charge in [0, 0.05) is 30.8 Å². The number of ketones is 1. The van der Waals surface area contributed by atoms with Gasteiger partial charge in [-0.15, -0.1) is 0 Å². The fraction of sp³-hybridized carbons (Fsp3) is 0.579. The Morgan fingerprint density at radius 3 is 2.96 bits per heavy atom. The number of piperidine rings is 1. The molecule has 1 aromatic carbocycles. The molecule has 0 aromatic heterocycles. The lowest BCUT2D eigenvalue weighted by Gasteiger charge is -2.59. The van der Waals surface area contributed by atoms with Gasteiger partial charge in [-0.25, -0.2) is 0 Å². The maximum atomic E-state index is 12.4. The molecular formula is C19H22N2O2. The van der Waals surface area contributed by atoms with Crippen LogP contribution in [0.1, 0.15) is 37.3 Å². The molecule has 2 bridgehead atoms. The zero-order chi connectivity index (χ0) is 16.2. The van der Waals surface area contributed by atoms with Crippen LogP contribution in [-0.4, -0.2) is 30.4 Å². The number of carbonyl (C=O) groups is 1. The summed E-state index contributed by atoms with van der Waals surface area (Å²) in [5, 5.41) is 9.55. The van der Waals surface area contributed by atoms with E-state index in [2.05, 4.69) is 25.2 Å². The van der Waals surface area contributed by atoms with E-state index in [-0.39, 0.29) is 11.5 Å². The van der Waals surface area contributed by atoms with Gasteiger partial charge in [0.2, 0.25) is 0 Å². The third-order valence-electron chi connectivity index (χ3n) is 6.34. The Bertz CT molecular complexity index is 708. The number of rotatable bonds is 1. The Labute approximate surface area is 137 Å². The summed E-state index contributed by atoms with van der Waals surface area (Å²) in [5.74, 6) is 1.95. The number of hydrogen-bond donors (Lipinski definition) is 0. The van der Waals surface area contributed by atoms with Gasteiger partial charge in [-0.2, -0.15) is 5.26 Å². The number of ether oxygens (including phenoxy) is 1. The van der Waals surface area contributed by atoms with E-state index < -0.39 is 0 Å². The van der Waals surface area contributed by atoms with Gasteiger partial charge in [0.25, 0.3) is 0 Å². The van der Waals surface area contributed by atoms with Crippen molar-refractivity contribution in [3.8, 4) is 11.9 Å². The SMILES string of the molecule is COc1ccc2c(c1)[C@]13CCN(C#N)[C@H](C2)[C@@H]1C(C)CC(=O)C3. The van der Waals surface area contributed by atoms with Crippen molar-refractivity contribution in [2.45, 2.75) is 44.1 Å². The number of Topliss-reactive ketones (excluding diaryl/α,β-unsaturated/α-hetero) is 1. The van der Waals surface area contributed by atoms with Crippen LogP contribution in [0.3, 0.4) is 0 Å². The number of nitrogens with zero attached hydrogens (tertiary/aromatic N) is 2. The molecule has 1 heterocycles. The van der Waals surface area contributed by atoms with Crippen LogP contribution in [0, 0.1) is 23.3 Å². The highest BCUT2D eigenvalue weighted by atomic mass is 16.5. The van der Waals surface area contributed by atoms with Crippen molar-refractivity contribution in [3.63, 3.8) is 0 Å². The first-order valence-electron chi connectivity index (χ1n) is 8.44. The first-order chi connectivity index (χ1) is 11.1. The van der Waals surface area contributed by atoms with E-state index in [1.807, 2.05) is 11.0 Å². The number of nitriles is 1. The molecule has 4 rings (SSSR count). The van der Waals surface area contributed by atoms with E-state index >= 15 is 0 Å². The number of hydrogen-bond acceptors (Lipinski definition) is 4. The Morgan fingerprint density at radius 1 is 1.39 bits per heavy atom. The molecule has 120 valence electrons. The molecule has 0 spiro atoms. The largest absolute Gasteiger partial charge is 0.497 e. The lowest BCUT2D eigenvalue weighted by atomic mass is 9.49. The monoisotopic (exact) mass is 310 g/mol. The molecule has 2 fully saturated rings. The van der Waals surface area contributed by atoms with E-state index in [0.717, 1.165) is 25.1 Å². The quantitative estimate of drug-likeness (QED) is 0.748. The van der Waals surface area contributed by atoms with Crippen molar-refractivity contribution in [2.75, 3.05) is 13.7 Å². The molecule has 0 N–H and O–H groups in total. The zero-order valence-corrected chi connectivity index (χ0v) is 13.7. The Balaban J connectivity index is 1.92. The molecule has 23 heavy (non-hydrogen) atoms. The second-order valence-electron chi connectivity index (χ2n) is 7.42. The van der Waals surface area contributed by atoms with Gasteiger partial charge < -0.3 is 9.64 Å². The maximum absolute atomic E-state index is 12.4. The highest BCUT2D eigenvalue weighted by molar-refractivity contribution is 5.82. The fourth-order valence-corrected chi connectivity index (χ4v) is 5.57. The van der Waals surface area contributed by atoms with Crippen molar-refractivity contribution in [3.05, 3.63) is 29.3 Å². The molecule has 4 atom stereocenters. The summed E-state index contributed by atoms with van der Waals surface area (Å²) in [7, 11) is 1.69. The van der Waals surface area contributed by atoms with Gasteiger partial charge in [-0.05, 0) is 47.9 Å². The Morgan fingerprint density at radius 2 is 2.22 bits per heavy atom. The second kappa shape index (κ2) is 4.99. The van der Waals surface area contributed by atoms with Crippen LogP contribution in [0.4, 0.5) is 0 Å². The highest BCUT2D eigenvalue weighted by Crippen LogP contribution is 2.57. The van der Waals surface area contributed by atoms with Crippen LogP contribution in [0.2, 0.25) is 0 Å². The molecule has 1 aliphatic heterocycles. The van der Waals surface area contributed by atoms with E-state index in [0.29, 0.717) is 30.5 Å². The third kappa shape index (κ3) is 1.92. The van der Waals surface area contributed by atoms with Crippen LogP contribution in [0.25, 0.3) is 0 Å². The molecule has 4 nitrogen and oxygen atoms in total. The van der Waals surface area contributed by atoms with Crippen LogP contribution >= 0.6 is 0 Å². The van der Waals surface area contributed by atoms with Crippen LogP contribution < -0.4 is 4.74 Å². The molecule has 3 aliphatic rings. The van der Waals surface area contributed by atoms with Crippen LogP contribution in [0.5, 0.6) is 5.75 Å². The fourth-order valence-electron chi connectivity index (χ4n) is 5.57. The number of benzene rings is 1. The van der Waals surface area contributed by atoms with Gasteiger partial charge in [0.05, 0.1) is 7.11 Å². The van der Waals surface area contributed by atoms with Gasteiger partial charge in [0.1, 0.15) is 11.5 Å². The second-order valence-corrected chi connectivity index (χ2v) is 7.42. The summed E-state index contributed by atoms with van der Waals surface area (Å²) in [6.07, 6.45) is 5.46. The minimum Gasteiger partial charge on any atom is -0.497 e. The van der Waals surface area contributed by atoms with Crippen molar-refractivity contribution >= 4 is 5.78 Å². The molecule has 0 amide bonds. The normalized spacial score (nSPS) is 35.1. The van der Waals surface area contributed by atoms with Gasteiger partial charge in [-0.3, -0.25) is 4.79 Å². The zero-order valence-electron chi connectivity index (χ0n) is 13.7. The van der Waals surface area contributed by atoms with Gasteiger partial charge >= 0.3 is 0 Å². The summed E-state index contributed by atoms with van der Waals surface area (Å²) < 4.78 is 5.44. The average molecular weight is 310 g/mol. The van der Waals surface area contributed by atoms with E-state index in [1.165, 1.54) is 11.1 Å². The number of likely N-dealkylation sites (tertiary alicyclic amines) is 1. The highest BCUT2D eigenvalue weighted by Gasteiger charge is 2.58. The minimum atomic E-state index is -0.102. The van der Waals surface area contributed by atoms with Crippen molar-refractivity contribution in [2.24, 2.45) is 11.8 Å². The lowest BCUT2D eigenvalue weighted by Crippen LogP contribution is -2.63. The summed E-state index contributed by atoms with van der Waals surface area (Å²) >= 11 is 0. The molecule has 2 aliphatic carbocycles. The predicted octanol–water partition coefficient (Wildman–Crippen LogP) is 2.66. The molecule has 1 unspecified atom stereocenters. The number of fused-ring (bicyclic) bond motifs is 1. The predicted molar refractivity (Wildman–Crippen MR) is 86.0 cm³/mol. The first-order valence-corrected chi connectivity index (χ1v) is 8.44. The number of methoxy groups -OCH3 is 1. The first kappa shape index (κ1) is 14.6. The topological polar surface area (TPSA) is 53.3 Å². The number of carbonyl (C=O) groups excluding carboxylic acids is 1. The third-order valence-corrected chi connectivity index (χ3v) is 6.34. The van der Waals surface area contributed by atoms with Crippen molar-refractivity contribution in [1.29, 1.82) is 5.26 Å². The molecular weight excluding hydrogens is 288 g/mol. The van der Waals surface area contributed by atoms with Gasteiger partial charge in [-0.1, -0.05) is 13.0 Å². The molecule has 1 aromatic rings. The maximum Gasteiger partial charge on any atom is 0.179 e. The Kier molecular flexibility index (Phi) is 3.16. The van der Waals surface area contributed by atoms with Crippen LogP contribution in [-0.2, 0) is 16.6 Å². The standard InChI is InChI=1S/C19H22N2O2/c1-12-7-14(22)10-19-5-6-21(11-20)17(18(12)19)8-13-3-4-15(23-2)9-16(13)19/h3-4,9,12,17-18H,5-8,10H2,1-2H3/t12?,17-,18+,19-/m1/s1. The summed E-state index contributed by atoms with van der Waals surface area (Å²) in [5.41, 5.74) is 2.49. The van der Waals surface area contributed by atoms with E-state index in [4.69, 9.17) is 4.74 Å². The van der Waals surface area contributed by atoms with E-state index in [9.17, 15) is 10.1 Å². The molecule has 1 saturated heterocycles. The lowest BCUT2D eigenvalue weighted by molar-refractivity contribution is -0.129. The smallest absolute Gasteiger partial charge is 0.179 e. The van der Waals surface area contributed by atoms with Crippen molar-refractivity contribution in [1.82, 2.24) is 4.90 Å². The minimum absolute atomic E-state index is 0.102. The summed E-state index contributed by atoms with van der Waals surface area (Å²) in [4.78, 5) is 14.4.